The van der Waals surface area contributed by atoms with E-state index in [-0.39, 0.29) is 37.2 Å². The van der Waals surface area contributed by atoms with Crippen molar-refractivity contribution in [3.63, 3.8) is 0 Å². The molecule has 0 aliphatic carbocycles. The van der Waals surface area contributed by atoms with Gasteiger partial charge in [0.05, 0.1) is 19.6 Å². The number of amides is 3. The van der Waals surface area contributed by atoms with Crippen molar-refractivity contribution in [3.05, 3.63) is 0 Å². The molecule has 138 valence electrons. The smallest absolute Gasteiger partial charge is 0.239 e. The molecule has 0 aliphatic rings. The van der Waals surface area contributed by atoms with Gasteiger partial charge in [0, 0.05) is 18.1 Å². The van der Waals surface area contributed by atoms with E-state index in [1.807, 2.05) is 6.92 Å². The van der Waals surface area contributed by atoms with Gasteiger partial charge in [0.25, 0.3) is 0 Å². The second-order valence-corrected chi connectivity index (χ2v) is 7.46. The third-order valence-electron chi connectivity index (χ3n) is 3.29. The minimum Gasteiger partial charge on any atom is -0.347 e. The summed E-state index contributed by atoms with van der Waals surface area (Å²) in [4.78, 5) is 46.2. The summed E-state index contributed by atoms with van der Waals surface area (Å²) >= 11 is 1.68. The van der Waals surface area contributed by atoms with Crippen LogP contribution in [-0.4, -0.2) is 54.1 Å². The van der Waals surface area contributed by atoms with Crippen molar-refractivity contribution in [2.24, 2.45) is 5.92 Å². The summed E-state index contributed by atoms with van der Waals surface area (Å²) in [5.74, 6) is -0.491. The van der Waals surface area contributed by atoms with Crippen LogP contribution in [0.2, 0.25) is 0 Å². The van der Waals surface area contributed by atoms with Crippen molar-refractivity contribution in [2.75, 3.05) is 25.4 Å². The maximum Gasteiger partial charge on any atom is 0.239 e. The molecule has 0 heterocycles. The van der Waals surface area contributed by atoms with E-state index in [9.17, 15) is 19.2 Å². The molecule has 3 N–H and O–H groups in total. The average Bonchev–Trinajstić information content (AvgIpc) is 2.54. The lowest BCUT2D eigenvalue weighted by atomic mass is 10.0. The van der Waals surface area contributed by atoms with Crippen LogP contribution in [0.3, 0.4) is 0 Å². The molecule has 0 fully saturated rings. The fourth-order valence-corrected chi connectivity index (χ4v) is 2.32. The van der Waals surface area contributed by atoms with Gasteiger partial charge in [-0.2, -0.15) is 11.8 Å². The first-order chi connectivity index (χ1) is 11.3. The Morgan fingerprint density at radius 2 is 1.33 bits per heavy atom. The second-order valence-electron chi connectivity index (χ2n) is 5.78. The summed E-state index contributed by atoms with van der Waals surface area (Å²) in [5, 5.41) is 7.83. The van der Waals surface area contributed by atoms with E-state index in [0.29, 0.717) is 17.4 Å². The molecule has 0 radical (unpaired) electrons. The van der Waals surface area contributed by atoms with Gasteiger partial charge in [-0.1, -0.05) is 27.7 Å². The monoisotopic (exact) mass is 359 g/mol. The molecule has 0 rings (SSSR count). The predicted molar refractivity (Wildman–Crippen MR) is 95.7 cm³/mol. The molecule has 7 nitrogen and oxygen atoms in total. The molecule has 0 bridgehead atoms. The van der Waals surface area contributed by atoms with Crippen LogP contribution in [0.4, 0.5) is 0 Å². The number of rotatable bonds is 12. The molecule has 1 unspecified atom stereocenters. The summed E-state index contributed by atoms with van der Waals surface area (Å²) in [6.07, 6.45) is 1.08. The summed E-state index contributed by atoms with van der Waals surface area (Å²) < 4.78 is 0. The fourth-order valence-electron chi connectivity index (χ4n) is 1.55. The van der Waals surface area contributed by atoms with Gasteiger partial charge < -0.3 is 16.0 Å². The van der Waals surface area contributed by atoms with Gasteiger partial charge in [-0.3, -0.25) is 19.2 Å². The average molecular weight is 359 g/mol. The Kier molecular flexibility index (Phi) is 12.0. The highest BCUT2D eigenvalue weighted by molar-refractivity contribution is 7.99. The number of hydrogen-bond donors (Lipinski definition) is 3. The molecular formula is C16H29N3O4S. The van der Waals surface area contributed by atoms with E-state index in [1.165, 1.54) is 0 Å². The maximum absolute atomic E-state index is 11.6. The lowest BCUT2D eigenvalue weighted by Gasteiger charge is -2.10. The molecule has 0 spiro atoms. The van der Waals surface area contributed by atoms with Crippen LogP contribution >= 0.6 is 11.8 Å². The van der Waals surface area contributed by atoms with Gasteiger partial charge in [-0.25, -0.2) is 0 Å². The normalized spacial score (nSPS) is 11.7. The van der Waals surface area contributed by atoms with Crippen molar-refractivity contribution in [1.29, 1.82) is 0 Å². The highest BCUT2D eigenvalue weighted by Crippen LogP contribution is 2.09. The number of nitrogens with one attached hydrogen (secondary N) is 3. The van der Waals surface area contributed by atoms with Crippen LogP contribution in [-0.2, 0) is 19.2 Å². The predicted octanol–water partition coefficient (Wildman–Crippen LogP) is 0.482. The lowest BCUT2D eigenvalue weighted by molar-refractivity contribution is -0.128. The van der Waals surface area contributed by atoms with Crippen molar-refractivity contribution in [3.8, 4) is 0 Å². The summed E-state index contributed by atoms with van der Waals surface area (Å²) in [6, 6.07) is 0. The Bertz CT molecular complexity index is 441. The van der Waals surface area contributed by atoms with Crippen LogP contribution in [0.25, 0.3) is 0 Å². The molecule has 3 amide bonds. The first-order valence-corrected chi connectivity index (χ1v) is 9.25. The van der Waals surface area contributed by atoms with Crippen LogP contribution < -0.4 is 16.0 Å². The molecule has 8 heteroatoms. The molecule has 0 aliphatic heterocycles. The number of thioether (sulfide) groups is 1. The number of Topliss-reactive ketones (excluding diaryl/α,β-unsaturated/α-hetero) is 1. The second kappa shape index (κ2) is 12.8. The zero-order valence-corrected chi connectivity index (χ0v) is 15.8. The molecule has 24 heavy (non-hydrogen) atoms. The van der Waals surface area contributed by atoms with E-state index in [0.717, 1.165) is 6.42 Å². The van der Waals surface area contributed by atoms with Crippen molar-refractivity contribution < 1.29 is 19.2 Å². The Balaban J connectivity index is 3.79. The first kappa shape index (κ1) is 22.4. The van der Waals surface area contributed by atoms with E-state index in [2.05, 4.69) is 29.8 Å². The van der Waals surface area contributed by atoms with Crippen LogP contribution in [0.5, 0.6) is 0 Å². The summed E-state index contributed by atoms with van der Waals surface area (Å²) in [5.41, 5.74) is 0. The molecule has 1 atom stereocenters. The minimum absolute atomic E-state index is 0.0338. The number of ketones is 1. The number of carbonyl (C=O) groups excluding carboxylic acids is 4. The number of hydrogen-bond acceptors (Lipinski definition) is 5. The third-order valence-corrected chi connectivity index (χ3v) is 4.40. The van der Waals surface area contributed by atoms with Crippen molar-refractivity contribution >= 4 is 35.3 Å². The van der Waals surface area contributed by atoms with Gasteiger partial charge in [0.2, 0.25) is 17.7 Å². The van der Waals surface area contributed by atoms with Crippen molar-refractivity contribution in [1.82, 2.24) is 16.0 Å². The maximum atomic E-state index is 11.6. The van der Waals surface area contributed by atoms with Crippen LogP contribution in [0, 0.1) is 5.92 Å². The van der Waals surface area contributed by atoms with E-state index in [1.54, 1.807) is 18.7 Å². The van der Waals surface area contributed by atoms with Gasteiger partial charge in [0.15, 0.2) is 5.78 Å². The zero-order valence-electron chi connectivity index (χ0n) is 14.9. The third kappa shape index (κ3) is 11.9. The van der Waals surface area contributed by atoms with Crippen molar-refractivity contribution in [2.45, 2.75) is 45.8 Å². The first-order valence-electron chi connectivity index (χ1n) is 8.20. The standard InChI is InChI=1S/C16H29N3O4S/c1-5-12(4)13(20)8-17-15(22)10-19-16(23)9-18-14(21)6-7-24-11(2)3/h11-12H,5-10H2,1-4H3,(H,17,22)(H,18,21)(H,19,23). The topological polar surface area (TPSA) is 104 Å². The zero-order chi connectivity index (χ0) is 18.5. The number of carbonyl (C=O) groups is 4. The SMILES string of the molecule is CCC(C)C(=O)CNC(=O)CNC(=O)CNC(=O)CCSC(C)C. The molecule has 0 aromatic rings. The van der Waals surface area contributed by atoms with Gasteiger partial charge >= 0.3 is 0 Å². The highest BCUT2D eigenvalue weighted by Gasteiger charge is 2.12. The fraction of sp³-hybridized carbons (Fsp3) is 0.750. The summed E-state index contributed by atoms with van der Waals surface area (Å²) in [6.45, 7) is 7.40. The van der Waals surface area contributed by atoms with E-state index >= 15 is 0 Å². The Labute approximate surface area is 148 Å². The highest BCUT2D eigenvalue weighted by atomic mass is 32.2. The molecule has 0 aromatic heterocycles. The Morgan fingerprint density at radius 3 is 1.83 bits per heavy atom. The Hall–Kier alpha value is -1.57. The quantitative estimate of drug-likeness (QED) is 0.470. The molecular weight excluding hydrogens is 330 g/mol. The van der Waals surface area contributed by atoms with E-state index in [4.69, 9.17) is 0 Å². The molecule has 0 saturated carbocycles. The van der Waals surface area contributed by atoms with Gasteiger partial charge in [-0.05, 0) is 11.7 Å². The van der Waals surface area contributed by atoms with E-state index < -0.39 is 11.8 Å². The van der Waals surface area contributed by atoms with Crippen LogP contribution in [0.1, 0.15) is 40.5 Å². The molecule has 0 saturated heterocycles. The lowest BCUT2D eigenvalue weighted by Crippen LogP contribution is -2.43. The summed E-state index contributed by atoms with van der Waals surface area (Å²) in [7, 11) is 0. The van der Waals surface area contributed by atoms with Gasteiger partial charge in [-0.15, -0.1) is 0 Å². The van der Waals surface area contributed by atoms with Crippen LogP contribution in [0.15, 0.2) is 0 Å². The minimum atomic E-state index is -0.441. The van der Waals surface area contributed by atoms with Gasteiger partial charge in [0.1, 0.15) is 0 Å². The largest absolute Gasteiger partial charge is 0.347 e. The Morgan fingerprint density at radius 1 is 0.833 bits per heavy atom. The molecule has 0 aromatic carbocycles.